The van der Waals surface area contributed by atoms with Gasteiger partial charge in [-0.3, -0.25) is 5.32 Å². The summed E-state index contributed by atoms with van der Waals surface area (Å²) in [5, 5.41) is 2.84. The Labute approximate surface area is 190 Å². The lowest BCUT2D eigenvalue weighted by molar-refractivity contribution is 0.215. The van der Waals surface area contributed by atoms with E-state index in [1.165, 1.54) is 16.8 Å². The van der Waals surface area contributed by atoms with Crippen molar-refractivity contribution in [3.63, 3.8) is 0 Å². The first-order valence-electron chi connectivity index (χ1n) is 10.9. The summed E-state index contributed by atoms with van der Waals surface area (Å²) in [6.07, 6.45) is 0.399. The molecule has 5 heteroatoms. The quantitative estimate of drug-likeness (QED) is 0.526. The van der Waals surface area contributed by atoms with E-state index in [0.29, 0.717) is 17.2 Å². The second kappa shape index (κ2) is 8.95. The molecule has 1 amide bonds. The zero-order chi connectivity index (χ0) is 22.7. The van der Waals surface area contributed by atoms with Gasteiger partial charge in [0.25, 0.3) is 0 Å². The average molecular weight is 431 g/mol. The van der Waals surface area contributed by atoms with Crippen molar-refractivity contribution in [3.8, 4) is 11.5 Å². The van der Waals surface area contributed by atoms with Crippen LogP contribution >= 0.6 is 0 Å². The summed E-state index contributed by atoms with van der Waals surface area (Å²) in [5.41, 5.74) is 5.33. The van der Waals surface area contributed by atoms with E-state index in [2.05, 4.69) is 55.3 Å². The number of nitrogens with zero attached hydrogens (tertiary/aromatic N) is 1. The van der Waals surface area contributed by atoms with Crippen LogP contribution in [0.5, 0.6) is 11.5 Å². The Morgan fingerprint density at radius 1 is 1.03 bits per heavy atom. The van der Waals surface area contributed by atoms with Gasteiger partial charge >= 0.3 is 6.09 Å². The zero-order valence-electron chi connectivity index (χ0n) is 19.1. The Morgan fingerprint density at radius 3 is 2.53 bits per heavy atom. The number of hydrogen-bond acceptors (Lipinski definition) is 4. The topological polar surface area (TPSA) is 50.8 Å². The molecule has 1 N–H and O–H groups in total. The molecular weight excluding hydrogens is 400 g/mol. The highest BCUT2D eigenvalue weighted by Crippen LogP contribution is 2.34. The largest absolute Gasteiger partial charge is 0.495 e. The molecule has 0 aliphatic carbocycles. The number of fused-ring (bicyclic) bond motifs is 1. The van der Waals surface area contributed by atoms with Crippen LogP contribution in [0.2, 0.25) is 0 Å². The van der Waals surface area contributed by atoms with Gasteiger partial charge in [-0.05, 0) is 58.9 Å². The highest BCUT2D eigenvalue weighted by Gasteiger charge is 2.21. The van der Waals surface area contributed by atoms with Gasteiger partial charge < -0.3 is 14.4 Å². The van der Waals surface area contributed by atoms with Crippen LogP contribution < -0.4 is 19.7 Å². The van der Waals surface area contributed by atoms with Crippen molar-refractivity contribution in [2.45, 2.75) is 39.2 Å². The molecule has 0 radical (unpaired) electrons. The fraction of sp³-hybridized carbons (Fsp3) is 0.296. The average Bonchev–Trinajstić information content (AvgIpc) is 3.15. The Bertz CT molecular complexity index is 1100. The fourth-order valence-electron chi connectivity index (χ4n) is 3.99. The first-order valence-corrected chi connectivity index (χ1v) is 10.9. The molecular formula is C27H30N2O3. The van der Waals surface area contributed by atoms with E-state index in [1.54, 1.807) is 7.11 Å². The Balaban J connectivity index is 1.45. The van der Waals surface area contributed by atoms with Crippen molar-refractivity contribution in [2.24, 2.45) is 0 Å². The van der Waals surface area contributed by atoms with E-state index in [4.69, 9.17) is 9.47 Å². The van der Waals surface area contributed by atoms with Gasteiger partial charge in [0.15, 0.2) is 0 Å². The molecule has 0 spiro atoms. The molecule has 5 nitrogen and oxygen atoms in total. The molecule has 0 saturated heterocycles. The minimum absolute atomic E-state index is 0.0434. The summed E-state index contributed by atoms with van der Waals surface area (Å²) < 4.78 is 11.0. The van der Waals surface area contributed by atoms with E-state index in [0.717, 1.165) is 25.1 Å². The predicted molar refractivity (Wildman–Crippen MR) is 129 cm³/mol. The zero-order valence-corrected chi connectivity index (χ0v) is 19.1. The third kappa shape index (κ3) is 4.88. The lowest BCUT2D eigenvalue weighted by atomic mass is 9.87. The lowest BCUT2D eigenvalue weighted by Gasteiger charge is -2.21. The van der Waals surface area contributed by atoms with Gasteiger partial charge in [-0.1, -0.05) is 57.2 Å². The Kier molecular flexibility index (Phi) is 6.08. The van der Waals surface area contributed by atoms with Crippen LogP contribution in [-0.2, 0) is 18.4 Å². The number of carbonyl (C=O) groups excluding carboxylic acids is 1. The maximum atomic E-state index is 12.6. The van der Waals surface area contributed by atoms with E-state index in [1.807, 2.05) is 42.5 Å². The number of anilines is 2. The molecule has 0 saturated carbocycles. The minimum Gasteiger partial charge on any atom is -0.495 e. The van der Waals surface area contributed by atoms with Gasteiger partial charge in [0.1, 0.15) is 11.5 Å². The molecule has 1 aliphatic rings. The van der Waals surface area contributed by atoms with Gasteiger partial charge in [-0.15, -0.1) is 0 Å². The maximum Gasteiger partial charge on any atom is 0.417 e. The third-order valence-electron chi connectivity index (χ3n) is 5.77. The van der Waals surface area contributed by atoms with E-state index < -0.39 is 6.09 Å². The smallest absolute Gasteiger partial charge is 0.417 e. The summed E-state index contributed by atoms with van der Waals surface area (Å²) in [4.78, 5) is 15.0. The van der Waals surface area contributed by atoms with Gasteiger partial charge in [-0.2, -0.15) is 0 Å². The fourth-order valence-corrected chi connectivity index (χ4v) is 3.99. The monoisotopic (exact) mass is 430 g/mol. The Morgan fingerprint density at radius 2 is 1.81 bits per heavy atom. The Hall–Kier alpha value is -3.47. The summed E-state index contributed by atoms with van der Waals surface area (Å²) in [5.74, 6) is 1.13. The summed E-state index contributed by atoms with van der Waals surface area (Å²) in [6.45, 7) is 8.21. The van der Waals surface area contributed by atoms with E-state index in [9.17, 15) is 4.79 Å². The molecule has 0 aromatic heterocycles. The number of ether oxygens (including phenoxy) is 2. The molecule has 3 aromatic carbocycles. The second-order valence-electron chi connectivity index (χ2n) is 9.13. The van der Waals surface area contributed by atoms with Crippen LogP contribution in [0.15, 0.2) is 66.7 Å². The molecule has 32 heavy (non-hydrogen) atoms. The number of hydrogen-bond donors (Lipinski definition) is 1. The molecule has 0 atom stereocenters. The number of rotatable bonds is 5. The van der Waals surface area contributed by atoms with Crippen molar-refractivity contribution in [2.75, 3.05) is 23.9 Å². The number of benzene rings is 3. The highest BCUT2D eigenvalue weighted by atomic mass is 16.6. The van der Waals surface area contributed by atoms with Crippen molar-refractivity contribution >= 4 is 17.5 Å². The van der Waals surface area contributed by atoms with E-state index in [-0.39, 0.29) is 5.41 Å². The predicted octanol–water partition coefficient (Wildman–Crippen LogP) is 6.17. The molecule has 166 valence electrons. The molecule has 3 aromatic rings. The summed E-state index contributed by atoms with van der Waals surface area (Å²) >= 11 is 0. The van der Waals surface area contributed by atoms with Gasteiger partial charge in [0, 0.05) is 18.8 Å². The molecule has 0 fully saturated rings. The van der Waals surface area contributed by atoms with Crippen molar-refractivity contribution in [1.29, 1.82) is 0 Å². The van der Waals surface area contributed by atoms with Crippen molar-refractivity contribution < 1.29 is 14.3 Å². The van der Waals surface area contributed by atoms with Crippen LogP contribution in [0.1, 0.15) is 37.5 Å². The van der Waals surface area contributed by atoms with Gasteiger partial charge in [-0.25, -0.2) is 4.79 Å². The lowest BCUT2D eigenvalue weighted by Crippen LogP contribution is -2.19. The molecule has 0 unspecified atom stereocenters. The van der Waals surface area contributed by atoms with Gasteiger partial charge in [0.2, 0.25) is 0 Å². The van der Waals surface area contributed by atoms with Crippen molar-refractivity contribution in [3.05, 3.63) is 83.4 Å². The standard InChI is InChI=1S/C27H30N2O3/c1-27(2,3)21-10-13-25(31-4)23(17-21)28-26(30)32-22-11-12-24-20(16-22)14-15-29(24)18-19-8-6-5-7-9-19/h5-13,16-17H,14-15,18H2,1-4H3,(H,28,30). The highest BCUT2D eigenvalue weighted by molar-refractivity contribution is 5.88. The van der Waals surface area contributed by atoms with Crippen LogP contribution in [0.4, 0.5) is 16.2 Å². The SMILES string of the molecule is COc1ccc(C(C)(C)C)cc1NC(=O)Oc1ccc2c(c1)CCN2Cc1ccccc1. The first kappa shape index (κ1) is 21.8. The second-order valence-corrected chi connectivity index (χ2v) is 9.13. The maximum absolute atomic E-state index is 12.6. The molecule has 0 bridgehead atoms. The number of methoxy groups -OCH3 is 1. The van der Waals surface area contributed by atoms with Crippen LogP contribution in [0.3, 0.4) is 0 Å². The van der Waals surface area contributed by atoms with E-state index >= 15 is 0 Å². The molecule has 1 aliphatic heterocycles. The normalized spacial score (nSPS) is 12.9. The van der Waals surface area contributed by atoms with Gasteiger partial charge in [0.05, 0.1) is 12.8 Å². The van der Waals surface area contributed by atoms with Crippen LogP contribution in [-0.4, -0.2) is 19.7 Å². The summed E-state index contributed by atoms with van der Waals surface area (Å²) in [7, 11) is 1.59. The van der Waals surface area contributed by atoms with Crippen molar-refractivity contribution in [1.82, 2.24) is 0 Å². The third-order valence-corrected chi connectivity index (χ3v) is 5.77. The molecule has 4 rings (SSSR count). The van der Waals surface area contributed by atoms with Crippen LogP contribution in [0.25, 0.3) is 0 Å². The number of nitrogens with one attached hydrogen (secondary N) is 1. The molecule has 1 heterocycles. The minimum atomic E-state index is -0.534. The summed E-state index contributed by atoms with van der Waals surface area (Å²) in [6, 6.07) is 22.1. The first-order chi connectivity index (χ1) is 15.3. The number of amides is 1. The number of carbonyl (C=O) groups is 1. The van der Waals surface area contributed by atoms with Crippen LogP contribution in [0, 0.1) is 0 Å².